The Labute approximate surface area is 100 Å². The van der Waals surface area contributed by atoms with E-state index in [1.165, 1.54) is 0 Å². The van der Waals surface area contributed by atoms with Gasteiger partial charge in [-0.2, -0.15) is 4.98 Å². The van der Waals surface area contributed by atoms with E-state index in [4.69, 9.17) is 10.5 Å². The highest BCUT2D eigenvalue weighted by atomic mass is 16.5. The van der Waals surface area contributed by atoms with Crippen molar-refractivity contribution in [1.29, 1.82) is 0 Å². The predicted octanol–water partition coefficient (Wildman–Crippen LogP) is 1.38. The Bertz CT molecular complexity index is 441. The van der Waals surface area contributed by atoms with Gasteiger partial charge in [-0.15, -0.1) is 5.10 Å². The van der Waals surface area contributed by atoms with Crippen molar-refractivity contribution < 1.29 is 4.74 Å². The largest absolute Gasteiger partial charge is 0.462 e. The first kappa shape index (κ1) is 11.6. The summed E-state index contributed by atoms with van der Waals surface area (Å²) in [5.74, 6) is 0. The number of benzene rings is 1. The maximum Gasteiger partial charge on any atom is 0.335 e. The van der Waals surface area contributed by atoms with Crippen molar-refractivity contribution in [3.05, 3.63) is 36.7 Å². The van der Waals surface area contributed by atoms with Gasteiger partial charge in [0.1, 0.15) is 6.33 Å². The zero-order chi connectivity index (χ0) is 11.9. The van der Waals surface area contributed by atoms with E-state index in [2.05, 4.69) is 10.1 Å². The van der Waals surface area contributed by atoms with E-state index in [1.54, 1.807) is 11.0 Å². The minimum atomic E-state index is 0.408. The molecule has 1 heterocycles. The van der Waals surface area contributed by atoms with Gasteiger partial charge in [0.25, 0.3) is 0 Å². The van der Waals surface area contributed by atoms with Crippen molar-refractivity contribution in [2.75, 3.05) is 13.2 Å². The summed E-state index contributed by atoms with van der Waals surface area (Å²) in [6.07, 6.45) is 3.53. The zero-order valence-electron chi connectivity index (χ0n) is 9.62. The van der Waals surface area contributed by atoms with E-state index in [-0.39, 0.29) is 0 Å². The molecular weight excluding hydrogens is 216 g/mol. The summed E-state index contributed by atoms with van der Waals surface area (Å²) < 4.78 is 7.10. The normalized spacial score (nSPS) is 10.4. The van der Waals surface area contributed by atoms with Crippen molar-refractivity contribution in [3.63, 3.8) is 0 Å². The van der Waals surface area contributed by atoms with E-state index in [9.17, 15) is 0 Å². The lowest BCUT2D eigenvalue weighted by Gasteiger charge is -2.00. The molecule has 2 rings (SSSR count). The molecule has 0 atom stereocenters. The fourth-order valence-electron chi connectivity index (χ4n) is 1.43. The first-order valence-corrected chi connectivity index (χ1v) is 5.70. The van der Waals surface area contributed by atoms with Gasteiger partial charge >= 0.3 is 6.01 Å². The van der Waals surface area contributed by atoms with Crippen LogP contribution in [0.5, 0.6) is 6.01 Å². The SMILES string of the molecule is NCCCCOc1ncn(-c2ccccc2)n1. The average Bonchev–Trinajstić information content (AvgIpc) is 2.85. The summed E-state index contributed by atoms with van der Waals surface area (Å²) in [6.45, 7) is 1.30. The Kier molecular flexibility index (Phi) is 4.10. The van der Waals surface area contributed by atoms with Crippen molar-refractivity contribution in [1.82, 2.24) is 14.8 Å². The van der Waals surface area contributed by atoms with E-state index >= 15 is 0 Å². The van der Waals surface area contributed by atoms with E-state index in [0.29, 0.717) is 19.2 Å². The molecule has 0 spiro atoms. The fraction of sp³-hybridized carbons (Fsp3) is 0.333. The second-order valence-electron chi connectivity index (χ2n) is 3.65. The van der Waals surface area contributed by atoms with Crippen molar-refractivity contribution >= 4 is 0 Å². The maximum absolute atomic E-state index is 5.41. The average molecular weight is 232 g/mol. The minimum absolute atomic E-state index is 0.408. The summed E-state index contributed by atoms with van der Waals surface area (Å²) in [5, 5.41) is 4.23. The third kappa shape index (κ3) is 3.29. The molecule has 1 aromatic carbocycles. The summed E-state index contributed by atoms with van der Waals surface area (Å²) >= 11 is 0. The lowest BCUT2D eigenvalue weighted by Crippen LogP contribution is -2.04. The number of hydrogen-bond acceptors (Lipinski definition) is 4. The van der Waals surface area contributed by atoms with Crippen LogP contribution < -0.4 is 10.5 Å². The Morgan fingerprint density at radius 1 is 1.18 bits per heavy atom. The highest BCUT2D eigenvalue weighted by Crippen LogP contribution is 2.08. The number of nitrogens with zero attached hydrogens (tertiary/aromatic N) is 3. The molecule has 2 aromatic rings. The third-order valence-corrected chi connectivity index (χ3v) is 2.32. The van der Waals surface area contributed by atoms with Crippen LogP contribution >= 0.6 is 0 Å². The standard InChI is InChI=1S/C12H16N4O/c13-8-4-5-9-17-12-14-10-16(15-12)11-6-2-1-3-7-11/h1-3,6-7,10H,4-5,8-9,13H2. The predicted molar refractivity (Wildman–Crippen MR) is 65.1 cm³/mol. The highest BCUT2D eigenvalue weighted by Gasteiger charge is 2.02. The van der Waals surface area contributed by atoms with Gasteiger partial charge in [0.2, 0.25) is 0 Å². The molecule has 5 heteroatoms. The molecule has 0 radical (unpaired) electrons. The third-order valence-electron chi connectivity index (χ3n) is 2.32. The summed E-state index contributed by atoms with van der Waals surface area (Å²) in [5.41, 5.74) is 6.37. The summed E-state index contributed by atoms with van der Waals surface area (Å²) in [6, 6.07) is 10.2. The number of nitrogens with two attached hydrogens (primary N) is 1. The molecule has 0 aliphatic rings. The molecule has 0 aliphatic carbocycles. The van der Waals surface area contributed by atoms with Crippen LogP contribution in [0.15, 0.2) is 36.7 Å². The van der Waals surface area contributed by atoms with Gasteiger partial charge in [-0.3, -0.25) is 0 Å². The highest BCUT2D eigenvalue weighted by molar-refractivity contribution is 5.29. The topological polar surface area (TPSA) is 66.0 Å². The van der Waals surface area contributed by atoms with Gasteiger partial charge in [0, 0.05) is 0 Å². The van der Waals surface area contributed by atoms with E-state index < -0.39 is 0 Å². The van der Waals surface area contributed by atoms with Crippen molar-refractivity contribution in [2.24, 2.45) is 5.73 Å². The van der Waals surface area contributed by atoms with Crippen LogP contribution in [-0.4, -0.2) is 27.9 Å². The number of hydrogen-bond donors (Lipinski definition) is 1. The van der Waals surface area contributed by atoms with E-state index in [1.807, 2.05) is 30.3 Å². The first-order chi connectivity index (χ1) is 8.40. The molecule has 0 amide bonds. The molecule has 0 fully saturated rings. The van der Waals surface area contributed by atoms with Crippen LogP contribution in [0.4, 0.5) is 0 Å². The van der Waals surface area contributed by atoms with Crippen molar-refractivity contribution in [3.8, 4) is 11.7 Å². The molecule has 0 saturated carbocycles. The van der Waals surface area contributed by atoms with Gasteiger partial charge in [0.05, 0.1) is 12.3 Å². The van der Waals surface area contributed by atoms with Crippen molar-refractivity contribution in [2.45, 2.75) is 12.8 Å². The van der Waals surface area contributed by atoms with Gasteiger partial charge in [0.15, 0.2) is 0 Å². The second kappa shape index (κ2) is 6.00. The van der Waals surface area contributed by atoms with Crippen LogP contribution in [0.2, 0.25) is 0 Å². The van der Waals surface area contributed by atoms with Gasteiger partial charge in [-0.25, -0.2) is 4.68 Å². The summed E-state index contributed by atoms with van der Waals surface area (Å²) in [7, 11) is 0. The van der Waals surface area contributed by atoms with Crippen LogP contribution in [0.1, 0.15) is 12.8 Å². The lowest BCUT2D eigenvalue weighted by atomic mass is 10.3. The molecule has 1 aromatic heterocycles. The van der Waals surface area contributed by atoms with Gasteiger partial charge in [-0.1, -0.05) is 18.2 Å². The van der Waals surface area contributed by atoms with Crippen LogP contribution in [0.3, 0.4) is 0 Å². The second-order valence-corrected chi connectivity index (χ2v) is 3.65. The van der Waals surface area contributed by atoms with Crippen LogP contribution in [0.25, 0.3) is 5.69 Å². The molecular formula is C12H16N4O. The molecule has 17 heavy (non-hydrogen) atoms. The van der Waals surface area contributed by atoms with Gasteiger partial charge < -0.3 is 10.5 Å². The zero-order valence-corrected chi connectivity index (χ0v) is 9.62. The monoisotopic (exact) mass is 232 g/mol. The Morgan fingerprint density at radius 3 is 2.76 bits per heavy atom. The van der Waals surface area contributed by atoms with Gasteiger partial charge in [-0.05, 0) is 31.5 Å². The molecule has 90 valence electrons. The lowest BCUT2D eigenvalue weighted by molar-refractivity contribution is 0.284. The quantitative estimate of drug-likeness (QED) is 0.764. The number of unbranched alkanes of at least 4 members (excludes halogenated alkanes) is 1. The summed E-state index contributed by atoms with van der Waals surface area (Å²) in [4.78, 5) is 4.09. The Morgan fingerprint density at radius 2 is 2.00 bits per heavy atom. The van der Waals surface area contributed by atoms with Crippen LogP contribution in [0, 0.1) is 0 Å². The van der Waals surface area contributed by atoms with Crippen LogP contribution in [-0.2, 0) is 0 Å². The Hall–Kier alpha value is -1.88. The number of rotatable bonds is 6. The fourth-order valence-corrected chi connectivity index (χ4v) is 1.43. The molecule has 2 N–H and O–H groups in total. The number of aromatic nitrogens is 3. The maximum atomic E-state index is 5.41. The Balaban J connectivity index is 1.92. The first-order valence-electron chi connectivity index (χ1n) is 5.70. The molecule has 0 unspecified atom stereocenters. The minimum Gasteiger partial charge on any atom is -0.462 e. The van der Waals surface area contributed by atoms with E-state index in [0.717, 1.165) is 18.5 Å². The molecule has 0 saturated heterocycles. The number of ether oxygens (including phenoxy) is 1. The molecule has 0 bridgehead atoms. The number of para-hydroxylation sites is 1. The molecule has 5 nitrogen and oxygen atoms in total. The molecule has 0 aliphatic heterocycles. The smallest absolute Gasteiger partial charge is 0.335 e.